The first-order chi connectivity index (χ1) is 7.59. The lowest BCUT2D eigenvalue weighted by molar-refractivity contribution is 0.0570. The number of halogens is 1. The fourth-order valence-corrected chi connectivity index (χ4v) is 2.40. The van der Waals surface area contributed by atoms with Crippen molar-refractivity contribution < 1.29 is 9.53 Å². The summed E-state index contributed by atoms with van der Waals surface area (Å²) in [6.45, 7) is 2.74. The summed E-state index contributed by atoms with van der Waals surface area (Å²) in [5, 5.41) is 0. The molecule has 2 atom stereocenters. The van der Waals surface area contributed by atoms with Gasteiger partial charge in [-0.1, -0.05) is 0 Å². The van der Waals surface area contributed by atoms with Gasteiger partial charge in [-0.15, -0.1) is 0 Å². The summed E-state index contributed by atoms with van der Waals surface area (Å²) < 4.78 is 6.35. The number of likely N-dealkylation sites (N-methyl/N-ethyl adjacent to an activating group) is 1. The zero-order valence-corrected chi connectivity index (χ0v) is 11.0. The summed E-state index contributed by atoms with van der Waals surface area (Å²) >= 11 is 3.32. The smallest absolute Gasteiger partial charge is 0.270 e. The van der Waals surface area contributed by atoms with Crippen LogP contribution in [0.5, 0.6) is 0 Å². The van der Waals surface area contributed by atoms with Gasteiger partial charge in [0.15, 0.2) is 0 Å². The summed E-state index contributed by atoms with van der Waals surface area (Å²) in [5.41, 5.74) is 0.605. The molecule has 1 aliphatic rings. The van der Waals surface area contributed by atoms with E-state index in [4.69, 9.17) is 4.74 Å². The van der Waals surface area contributed by atoms with Crippen molar-refractivity contribution in [3.8, 4) is 0 Å². The van der Waals surface area contributed by atoms with Gasteiger partial charge in [0, 0.05) is 24.3 Å². The average Bonchev–Trinajstić information content (AvgIpc) is 2.85. The molecular formula is C11H15BrN2O2. The Morgan fingerprint density at radius 3 is 2.94 bits per heavy atom. The predicted molar refractivity (Wildman–Crippen MR) is 64.4 cm³/mol. The van der Waals surface area contributed by atoms with Crippen LogP contribution in [0.3, 0.4) is 0 Å². The quantitative estimate of drug-likeness (QED) is 0.904. The van der Waals surface area contributed by atoms with Crippen LogP contribution in [-0.4, -0.2) is 41.6 Å². The Morgan fingerprint density at radius 2 is 2.44 bits per heavy atom. The van der Waals surface area contributed by atoms with Crippen LogP contribution in [0.4, 0.5) is 0 Å². The van der Waals surface area contributed by atoms with Crippen molar-refractivity contribution in [2.24, 2.45) is 0 Å². The third-order valence-electron chi connectivity index (χ3n) is 3.03. The Bertz CT molecular complexity index is 391. The van der Waals surface area contributed by atoms with Crippen LogP contribution < -0.4 is 0 Å². The molecular weight excluding hydrogens is 272 g/mol. The van der Waals surface area contributed by atoms with E-state index < -0.39 is 0 Å². The van der Waals surface area contributed by atoms with Crippen molar-refractivity contribution in [1.29, 1.82) is 0 Å². The van der Waals surface area contributed by atoms with Crippen LogP contribution in [0.1, 0.15) is 23.8 Å². The van der Waals surface area contributed by atoms with Crippen molar-refractivity contribution in [3.05, 3.63) is 22.4 Å². The topological polar surface area (TPSA) is 45.3 Å². The van der Waals surface area contributed by atoms with E-state index in [1.54, 1.807) is 17.2 Å². The van der Waals surface area contributed by atoms with Crippen LogP contribution in [0.15, 0.2) is 16.7 Å². The first-order valence-corrected chi connectivity index (χ1v) is 6.11. The van der Waals surface area contributed by atoms with E-state index in [2.05, 4.69) is 20.9 Å². The van der Waals surface area contributed by atoms with Crippen molar-refractivity contribution in [2.75, 3.05) is 13.7 Å². The van der Waals surface area contributed by atoms with Crippen LogP contribution in [0.25, 0.3) is 0 Å². The summed E-state index contributed by atoms with van der Waals surface area (Å²) in [4.78, 5) is 16.8. The molecule has 1 aliphatic heterocycles. The highest BCUT2D eigenvalue weighted by molar-refractivity contribution is 9.10. The number of hydrogen-bond acceptors (Lipinski definition) is 2. The molecule has 1 saturated heterocycles. The molecule has 5 heteroatoms. The molecule has 1 fully saturated rings. The molecule has 1 aromatic heterocycles. The third kappa shape index (κ3) is 2.15. The Hall–Kier alpha value is -0.810. The lowest BCUT2D eigenvalue weighted by Gasteiger charge is -2.26. The molecule has 4 nitrogen and oxygen atoms in total. The molecule has 2 rings (SSSR count). The normalized spacial score (nSPS) is 24.7. The largest absolute Gasteiger partial charge is 0.376 e. The molecule has 16 heavy (non-hydrogen) atoms. The van der Waals surface area contributed by atoms with Crippen LogP contribution in [0.2, 0.25) is 0 Å². The second kappa shape index (κ2) is 4.59. The summed E-state index contributed by atoms with van der Waals surface area (Å²) in [7, 11) is 1.83. The number of carbonyl (C=O) groups excluding carboxylic acids is 1. The Balaban J connectivity index is 2.10. The Kier molecular flexibility index (Phi) is 3.35. The van der Waals surface area contributed by atoms with E-state index >= 15 is 0 Å². The highest BCUT2D eigenvalue weighted by Crippen LogP contribution is 2.20. The predicted octanol–water partition coefficient (Wildman–Crippen LogP) is 2.03. The molecule has 0 aliphatic carbocycles. The number of H-pyrrole nitrogens is 1. The maximum absolute atomic E-state index is 12.1. The fraction of sp³-hybridized carbons (Fsp3) is 0.545. The van der Waals surface area contributed by atoms with Crippen LogP contribution >= 0.6 is 15.9 Å². The van der Waals surface area contributed by atoms with Gasteiger partial charge in [-0.05, 0) is 35.3 Å². The number of carbonyl (C=O) groups is 1. The van der Waals surface area contributed by atoms with Crippen LogP contribution in [-0.2, 0) is 4.74 Å². The summed E-state index contributed by atoms with van der Waals surface area (Å²) in [6.07, 6.45) is 2.79. The van der Waals surface area contributed by atoms with Gasteiger partial charge < -0.3 is 14.6 Å². The minimum absolute atomic E-state index is 0.00745. The number of nitrogens with zero attached hydrogens (tertiary/aromatic N) is 1. The van der Waals surface area contributed by atoms with Gasteiger partial charge in [0.2, 0.25) is 0 Å². The lowest BCUT2D eigenvalue weighted by Crippen LogP contribution is -2.41. The third-order valence-corrected chi connectivity index (χ3v) is 3.49. The van der Waals surface area contributed by atoms with E-state index in [1.807, 2.05) is 14.0 Å². The van der Waals surface area contributed by atoms with E-state index in [1.165, 1.54) is 0 Å². The van der Waals surface area contributed by atoms with Crippen molar-refractivity contribution in [1.82, 2.24) is 9.88 Å². The second-order valence-corrected chi connectivity index (χ2v) is 5.00. The molecule has 1 N–H and O–H groups in total. The first kappa shape index (κ1) is 11.7. The number of rotatable bonds is 2. The average molecular weight is 287 g/mol. The van der Waals surface area contributed by atoms with Crippen molar-refractivity contribution in [2.45, 2.75) is 25.5 Å². The molecule has 2 heterocycles. The molecule has 0 spiro atoms. The molecule has 2 unspecified atom stereocenters. The molecule has 1 amide bonds. The van der Waals surface area contributed by atoms with Gasteiger partial charge in [0.1, 0.15) is 5.69 Å². The summed E-state index contributed by atoms with van der Waals surface area (Å²) in [6, 6.07) is 1.97. The second-order valence-electron chi connectivity index (χ2n) is 4.08. The maximum atomic E-state index is 12.1. The number of aromatic amines is 1. The lowest BCUT2D eigenvalue weighted by atomic mass is 10.1. The monoisotopic (exact) mass is 286 g/mol. The van der Waals surface area contributed by atoms with Gasteiger partial charge in [-0.25, -0.2) is 0 Å². The highest BCUT2D eigenvalue weighted by atomic mass is 79.9. The van der Waals surface area contributed by atoms with Gasteiger partial charge in [-0.2, -0.15) is 0 Å². The zero-order valence-electron chi connectivity index (χ0n) is 9.37. The Labute approximate surface area is 103 Å². The summed E-state index contributed by atoms with van der Waals surface area (Å²) in [5.74, 6) is 0.00745. The minimum atomic E-state index is 0.00745. The van der Waals surface area contributed by atoms with E-state index in [0.29, 0.717) is 5.69 Å². The minimum Gasteiger partial charge on any atom is -0.376 e. The molecule has 0 bridgehead atoms. The van der Waals surface area contributed by atoms with Gasteiger partial charge >= 0.3 is 0 Å². The molecule has 1 aromatic rings. The van der Waals surface area contributed by atoms with Gasteiger partial charge in [0.05, 0.1) is 12.1 Å². The number of nitrogens with one attached hydrogen (secondary N) is 1. The van der Waals surface area contributed by atoms with Gasteiger partial charge in [-0.3, -0.25) is 4.79 Å². The number of ether oxygens (including phenoxy) is 1. The zero-order chi connectivity index (χ0) is 11.7. The van der Waals surface area contributed by atoms with Crippen LogP contribution in [0, 0.1) is 0 Å². The molecule has 88 valence electrons. The molecule has 0 aromatic carbocycles. The fourth-order valence-electron chi connectivity index (χ4n) is 2.06. The highest BCUT2D eigenvalue weighted by Gasteiger charge is 2.31. The van der Waals surface area contributed by atoms with Gasteiger partial charge in [0.25, 0.3) is 5.91 Å². The van der Waals surface area contributed by atoms with E-state index in [0.717, 1.165) is 17.5 Å². The number of amides is 1. The van der Waals surface area contributed by atoms with Crippen molar-refractivity contribution >= 4 is 21.8 Å². The standard InChI is InChI=1S/C11H15BrN2O2/c1-7-10(3-4-16-7)14(2)11(15)9-5-8(12)6-13-9/h5-7,10,13H,3-4H2,1-2H3. The van der Waals surface area contributed by atoms with E-state index in [9.17, 15) is 4.79 Å². The SMILES string of the molecule is CC1OCCC1N(C)C(=O)c1cc(Br)c[nH]1. The number of hydrogen-bond donors (Lipinski definition) is 1. The van der Waals surface area contributed by atoms with E-state index in [-0.39, 0.29) is 18.1 Å². The number of aromatic nitrogens is 1. The van der Waals surface area contributed by atoms with Crippen molar-refractivity contribution in [3.63, 3.8) is 0 Å². The molecule has 0 radical (unpaired) electrons. The maximum Gasteiger partial charge on any atom is 0.270 e. The Morgan fingerprint density at radius 1 is 1.69 bits per heavy atom. The molecule has 0 saturated carbocycles. The first-order valence-electron chi connectivity index (χ1n) is 5.32.